The van der Waals surface area contributed by atoms with E-state index in [1.54, 1.807) is 6.92 Å². The van der Waals surface area contributed by atoms with E-state index in [0.29, 0.717) is 10.6 Å². The van der Waals surface area contributed by atoms with Crippen LogP contribution < -0.4 is 0 Å². The Balaban J connectivity index is 2.65. The highest BCUT2D eigenvalue weighted by Crippen LogP contribution is 2.27. The maximum Gasteiger partial charge on any atom is 0.159 e. The molecular weight excluding hydrogens is 230 g/mol. The summed E-state index contributed by atoms with van der Waals surface area (Å²) in [5.74, 6) is -1.13. The summed E-state index contributed by atoms with van der Waals surface area (Å²) in [5, 5.41) is 9.99. The third kappa shape index (κ3) is 3.46. The summed E-state index contributed by atoms with van der Waals surface area (Å²) >= 11 is 1.32. The summed E-state index contributed by atoms with van der Waals surface area (Å²) in [7, 11) is 0. The maximum atomic E-state index is 12.9. The number of halogens is 2. The van der Waals surface area contributed by atoms with Crippen molar-refractivity contribution in [2.75, 3.05) is 5.75 Å². The lowest BCUT2D eigenvalue weighted by Crippen LogP contribution is -2.33. The van der Waals surface area contributed by atoms with Crippen molar-refractivity contribution < 1.29 is 13.9 Å². The third-order valence-electron chi connectivity index (χ3n) is 2.67. The van der Waals surface area contributed by atoms with Crippen LogP contribution in [-0.2, 0) is 0 Å². The molecular formula is C12H16F2OS. The van der Waals surface area contributed by atoms with Crippen molar-refractivity contribution in [1.82, 2.24) is 0 Å². The van der Waals surface area contributed by atoms with Crippen LogP contribution in [0.5, 0.6) is 0 Å². The van der Waals surface area contributed by atoms with Crippen LogP contribution in [0.3, 0.4) is 0 Å². The highest BCUT2D eigenvalue weighted by molar-refractivity contribution is 7.99. The van der Waals surface area contributed by atoms with Crippen molar-refractivity contribution in [1.29, 1.82) is 0 Å². The third-order valence-corrected chi connectivity index (χ3v) is 3.98. The zero-order chi connectivity index (χ0) is 12.3. The van der Waals surface area contributed by atoms with Gasteiger partial charge in [0.05, 0.1) is 5.60 Å². The molecule has 0 bridgehead atoms. The standard InChI is InChI=1S/C12H16F2OS/c1-8(2)12(3,15)7-16-9-4-5-10(13)11(14)6-9/h4-6,8,15H,7H2,1-3H3. The average Bonchev–Trinajstić information content (AvgIpc) is 2.20. The van der Waals surface area contributed by atoms with Crippen LogP contribution in [0, 0.1) is 17.6 Å². The van der Waals surface area contributed by atoms with Crippen molar-refractivity contribution in [2.24, 2.45) is 5.92 Å². The number of thioether (sulfide) groups is 1. The van der Waals surface area contributed by atoms with Gasteiger partial charge in [-0.2, -0.15) is 0 Å². The predicted octanol–water partition coefficient (Wildman–Crippen LogP) is 3.46. The van der Waals surface area contributed by atoms with Gasteiger partial charge < -0.3 is 5.11 Å². The van der Waals surface area contributed by atoms with Gasteiger partial charge in [-0.3, -0.25) is 0 Å². The highest BCUT2D eigenvalue weighted by atomic mass is 32.2. The van der Waals surface area contributed by atoms with E-state index in [9.17, 15) is 13.9 Å². The van der Waals surface area contributed by atoms with E-state index in [1.807, 2.05) is 13.8 Å². The fourth-order valence-corrected chi connectivity index (χ4v) is 2.11. The molecule has 1 nitrogen and oxygen atoms in total. The van der Waals surface area contributed by atoms with Crippen LogP contribution in [0.4, 0.5) is 8.78 Å². The largest absolute Gasteiger partial charge is 0.389 e. The summed E-state index contributed by atoms with van der Waals surface area (Å²) < 4.78 is 25.6. The van der Waals surface area contributed by atoms with Crippen LogP contribution in [0.2, 0.25) is 0 Å². The summed E-state index contributed by atoms with van der Waals surface area (Å²) in [6, 6.07) is 3.76. The van der Waals surface area contributed by atoms with E-state index in [-0.39, 0.29) is 5.92 Å². The molecule has 0 fully saturated rings. The molecule has 1 atom stereocenters. The summed E-state index contributed by atoms with van der Waals surface area (Å²) in [6.07, 6.45) is 0. The second kappa shape index (κ2) is 5.15. The van der Waals surface area contributed by atoms with Gasteiger partial charge in [0.15, 0.2) is 11.6 Å². The van der Waals surface area contributed by atoms with Gasteiger partial charge in [-0.1, -0.05) is 13.8 Å². The maximum absolute atomic E-state index is 12.9. The zero-order valence-corrected chi connectivity index (χ0v) is 10.4. The van der Waals surface area contributed by atoms with Crippen LogP contribution >= 0.6 is 11.8 Å². The predicted molar refractivity (Wildman–Crippen MR) is 62.5 cm³/mol. The second-order valence-electron chi connectivity index (χ2n) is 4.38. The molecule has 0 saturated heterocycles. The monoisotopic (exact) mass is 246 g/mol. The van der Waals surface area contributed by atoms with Crippen molar-refractivity contribution >= 4 is 11.8 Å². The topological polar surface area (TPSA) is 20.2 Å². The Labute approximate surface area is 98.9 Å². The molecule has 0 saturated carbocycles. The van der Waals surface area contributed by atoms with Crippen LogP contribution in [0.25, 0.3) is 0 Å². The Morgan fingerprint density at radius 2 is 1.94 bits per heavy atom. The number of rotatable bonds is 4. The van der Waals surface area contributed by atoms with Gasteiger partial charge in [0.2, 0.25) is 0 Å². The smallest absolute Gasteiger partial charge is 0.159 e. The Hall–Kier alpha value is -0.610. The second-order valence-corrected chi connectivity index (χ2v) is 5.43. The first-order valence-electron chi connectivity index (χ1n) is 5.13. The molecule has 0 aliphatic heterocycles. The number of hydrogen-bond acceptors (Lipinski definition) is 2. The van der Waals surface area contributed by atoms with Crippen LogP contribution in [-0.4, -0.2) is 16.5 Å². The van der Waals surface area contributed by atoms with Gasteiger partial charge in [-0.25, -0.2) is 8.78 Å². The van der Waals surface area contributed by atoms with Crippen molar-refractivity contribution in [3.63, 3.8) is 0 Å². The van der Waals surface area contributed by atoms with Gasteiger partial charge in [0.1, 0.15) is 0 Å². The number of aliphatic hydroxyl groups is 1. The minimum Gasteiger partial charge on any atom is -0.389 e. The quantitative estimate of drug-likeness (QED) is 0.821. The molecule has 0 aliphatic carbocycles. The molecule has 1 N–H and O–H groups in total. The Kier molecular flexibility index (Phi) is 4.33. The van der Waals surface area contributed by atoms with Crippen molar-refractivity contribution in [3.05, 3.63) is 29.8 Å². The molecule has 0 amide bonds. The molecule has 90 valence electrons. The summed E-state index contributed by atoms with van der Waals surface area (Å²) in [5.41, 5.74) is -0.810. The zero-order valence-electron chi connectivity index (χ0n) is 9.63. The molecule has 1 aromatic carbocycles. The lowest BCUT2D eigenvalue weighted by molar-refractivity contribution is 0.0376. The van der Waals surface area contributed by atoms with E-state index in [2.05, 4.69) is 0 Å². The first-order valence-corrected chi connectivity index (χ1v) is 6.11. The molecule has 1 rings (SSSR count). The Morgan fingerprint density at radius 1 is 1.31 bits per heavy atom. The molecule has 0 aromatic heterocycles. The minimum absolute atomic E-state index is 0.116. The Bertz CT molecular complexity index is 364. The van der Waals surface area contributed by atoms with Crippen molar-refractivity contribution in [3.8, 4) is 0 Å². The SMILES string of the molecule is CC(C)C(C)(O)CSc1ccc(F)c(F)c1. The summed E-state index contributed by atoms with van der Waals surface area (Å²) in [6.45, 7) is 5.59. The van der Waals surface area contributed by atoms with Crippen LogP contribution in [0.1, 0.15) is 20.8 Å². The molecule has 0 spiro atoms. The lowest BCUT2D eigenvalue weighted by Gasteiger charge is -2.27. The van der Waals surface area contributed by atoms with E-state index in [0.717, 1.165) is 12.1 Å². The molecule has 0 heterocycles. The fourth-order valence-electron chi connectivity index (χ4n) is 0.963. The normalized spacial score (nSPS) is 15.2. The minimum atomic E-state index is -0.853. The molecule has 16 heavy (non-hydrogen) atoms. The molecule has 1 aromatic rings. The first kappa shape index (κ1) is 13.5. The van der Waals surface area contributed by atoms with E-state index < -0.39 is 17.2 Å². The van der Waals surface area contributed by atoms with Gasteiger partial charge in [0.25, 0.3) is 0 Å². The van der Waals surface area contributed by atoms with Crippen molar-refractivity contribution in [2.45, 2.75) is 31.3 Å². The number of benzene rings is 1. The fraction of sp³-hybridized carbons (Fsp3) is 0.500. The molecule has 0 radical (unpaired) electrons. The van der Waals surface area contributed by atoms with Crippen LogP contribution in [0.15, 0.2) is 23.1 Å². The lowest BCUT2D eigenvalue weighted by atomic mass is 9.95. The molecule has 4 heteroatoms. The first-order chi connectivity index (χ1) is 7.33. The molecule has 1 unspecified atom stereocenters. The number of hydrogen-bond donors (Lipinski definition) is 1. The highest BCUT2D eigenvalue weighted by Gasteiger charge is 2.24. The van der Waals surface area contributed by atoms with Gasteiger partial charge in [-0.15, -0.1) is 11.8 Å². The molecule has 0 aliphatic rings. The van der Waals surface area contributed by atoms with Gasteiger partial charge >= 0.3 is 0 Å². The van der Waals surface area contributed by atoms with E-state index in [1.165, 1.54) is 17.8 Å². The van der Waals surface area contributed by atoms with Gasteiger partial charge in [-0.05, 0) is 31.0 Å². The van der Waals surface area contributed by atoms with E-state index >= 15 is 0 Å². The average molecular weight is 246 g/mol. The Morgan fingerprint density at radius 3 is 2.44 bits per heavy atom. The summed E-state index contributed by atoms with van der Waals surface area (Å²) in [4.78, 5) is 0.625. The van der Waals surface area contributed by atoms with E-state index in [4.69, 9.17) is 0 Å². The van der Waals surface area contributed by atoms with Gasteiger partial charge in [0, 0.05) is 10.6 Å².